The highest BCUT2D eigenvalue weighted by atomic mass is 16.2. The normalized spacial score (nSPS) is 11.6. The van der Waals surface area contributed by atoms with E-state index >= 15 is 0 Å². The Hall–Kier alpha value is -3.40. The first-order valence-electron chi connectivity index (χ1n) is 8.93. The topological polar surface area (TPSA) is 72.2 Å². The van der Waals surface area contributed by atoms with Crippen LogP contribution in [0, 0.1) is 0 Å². The van der Waals surface area contributed by atoms with E-state index in [1.54, 1.807) is 6.07 Å². The Balaban J connectivity index is 1.76. The van der Waals surface area contributed by atoms with E-state index in [1.165, 1.54) is 0 Å². The minimum atomic E-state index is -0.721. The van der Waals surface area contributed by atoms with Crippen molar-refractivity contribution in [3.8, 4) is 11.1 Å². The van der Waals surface area contributed by atoms with Gasteiger partial charge in [-0.3, -0.25) is 9.59 Å². The van der Waals surface area contributed by atoms with Gasteiger partial charge in [0.15, 0.2) is 0 Å². The second-order valence-electron chi connectivity index (χ2n) is 6.36. The lowest BCUT2D eigenvalue weighted by atomic mass is 9.98. The summed E-state index contributed by atoms with van der Waals surface area (Å²) < 4.78 is 0. The van der Waals surface area contributed by atoms with Gasteiger partial charge in [0.2, 0.25) is 5.91 Å². The number of carbonyl (C=O) groups is 2. The highest BCUT2D eigenvalue weighted by Crippen LogP contribution is 2.23. The van der Waals surface area contributed by atoms with Crippen molar-refractivity contribution in [2.75, 3.05) is 0 Å². The molecule has 3 aromatic carbocycles. The van der Waals surface area contributed by atoms with E-state index in [0.717, 1.165) is 16.7 Å². The minimum absolute atomic E-state index is 0.300. The van der Waals surface area contributed by atoms with Gasteiger partial charge in [-0.25, -0.2) is 0 Å². The summed E-state index contributed by atoms with van der Waals surface area (Å²) in [4.78, 5) is 24.7. The van der Waals surface area contributed by atoms with E-state index in [0.29, 0.717) is 18.4 Å². The molecule has 0 bridgehead atoms. The Labute approximate surface area is 159 Å². The minimum Gasteiger partial charge on any atom is -0.368 e. The average Bonchev–Trinajstić information content (AvgIpc) is 2.72. The molecule has 4 nitrogen and oxygen atoms in total. The summed E-state index contributed by atoms with van der Waals surface area (Å²) in [6, 6.07) is 26.1. The molecule has 0 saturated heterocycles. The Kier molecular flexibility index (Phi) is 6.00. The number of hydrogen-bond donors (Lipinski definition) is 2. The lowest BCUT2D eigenvalue weighted by Crippen LogP contribution is -2.44. The fraction of sp³-hybridized carbons (Fsp3) is 0.130. The molecule has 2 amide bonds. The van der Waals surface area contributed by atoms with Gasteiger partial charge in [0.05, 0.1) is 0 Å². The molecule has 136 valence electrons. The van der Waals surface area contributed by atoms with Crippen molar-refractivity contribution in [2.45, 2.75) is 18.9 Å². The maximum atomic E-state index is 12.8. The maximum absolute atomic E-state index is 12.8. The van der Waals surface area contributed by atoms with Crippen LogP contribution in [0.1, 0.15) is 22.3 Å². The lowest BCUT2D eigenvalue weighted by Gasteiger charge is -2.17. The molecule has 0 saturated carbocycles. The Bertz CT molecular complexity index is 908. The van der Waals surface area contributed by atoms with Crippen LogP contribution >= 0.6 is 0 Å². The van der Waals surface area contributed by atoms with Crippen LogP contribution in [0.25, 0.3) is 11.1 Å². The van der Waals surface area contributed by atoms with Crippen molar-refractivity contribution in [1.29, 1.82) is 0 Å². The van der Waals surface area contributed by atoms with Crippen molar-refractivity contribution in [2.24, 2.45) is 5.73 Å². The number of benzene rings is 3. The second kappa shape index (κ2) is 8.81. The van der Waals surface area contributed by atoms with E-state index in [9.17, 15) is 9.59 Å². The molecule has 0 spiro atoms. The van der Waals surface area contributed by atoms with Crippen molar-refractivity contribution >= 4 is 11.8 Å². The van der Waals surface area contributed by atoms with Gasteiger partial charge in [0.25, 0.3) is 5.91 Å². The summed E-state index contributed by atoms with van der Waals surface area (Å²) in [6.07, 6.45) is 1.12. The standard InChI is InChI=1S/C23H22N2O2/c24-22(26)21(16-15-17-9-3-1-4-10-17)25-23(27)20-14-8-7-13-19(20)18-11-5-2-6-12-18/h1-14,21H,15-16H2,(H2,24,26)(H,25,27)/t21-/m1/s1. The molecule has 0 aliphatic rings. The first kappa shape index (κ1) is 18.4. The first-order chi connectivity index (χ1) is 13.1. The average molecular weight is 358 g/mol. The van der Waals surface area contributed by atoms with E-state index in [4.69, 9.17) is 5.73 Å². The number of nitrogens with one attached hydrogen (secondary N) is 1. The van der Waals surface area contributed by atoms with Crippen LogP contribution in [0.4, 0.5) is 0 Å². The van der Waals surface area contributed by atoms with Gasteiger partial charge in [-0.15, -0.1) is 0 Å². The monoisotopic (exact) mass is 358 g/mol. The van der Waals surface area contributed by atoms with E-state index in [-0.39, 0.29) is 5.91 Å². The zero-order chi connectivity index (χ0) is 19.1. The SMILES string of the molecule is NC(=O)[C@@H](CCc1ccccc1)NC(=O)c1ccccc1-c1ccccc1. The zero-order valence-corrected chi connectivity index (χ0v) is 15.0. The van der Waals surface area contributed by atoms with E-state index in [2.05, 4.69) is 5.32 Å². The molecule has 0 heterocycles. The van der Waals surface area contributed by atoms with Crippen LogP contribution in [0.2, 0.25) is 0 Å². The third-order valence-corrected chi connectivity index (χ3v) is 4.47. The van der Waals surface area contributed by atoms with Crippen LogP contribution in [-0.4, -0.2) is 17.9 Å². The largest absolute Gasteiger partial charge is 0.368 e. The lowest BCUT2D eigenvalue weighted by molar-refractivity contribution is -0.120. The van der Waals surface area contributed by atoms with Crippen LogP contribution in [0.5, 0.6) is 0 Å². The quantitative estimate of drug-likeness (QED) is 0.678. The highest BCUT2D eigenvalue weighted by molar-refractivity contribution is 6.02. The number of primary amides is 1. The van der Waals surface area contributed by atoms with E-state index in [1.807, 2.05) is 78.9 Å². The highest BCUT2D eigenvalue weighted by Gasteiger charge is 2.20. The molecule has 3 aromatic rings. The van der Waals surface area contributed by atoms with Crippen molar-refractivity contribution < 1.29 is 9.59 Å². The summed E-state index contributed by atoms with van der Waals surface area (Å²) in [5, 5.41) is 2.80. The molecule has 3 rings (SSSR count). The number of aryl methyl sites for hydroxylation is 1. The van der Waals surface area contributed by atoms with Gasteiger partial charge in [-0.2, -0.15) is 0 Å². The number of nitrogens with two attached hydrogens (primary N) is 1. The summed E-state index contributed by atoms with van der Waals surface area (Å²) in [6.45, 7) is 0. The van der Waals surface area contributed by atoms with Crippen molar-refractivity contribution in [1.82, 2.24) is 5.32 Å². The van der Waals surface area contributed by atoms with Crippen LogP contribution in [0.15, 0.2) is 84.9 Å². The Morgan fingerprint density at radius 3 is 2.07 bits per heavy atom. The van der Waals surface area contributed by atoms with Gasteiger partial charge in [0.1, 0.15) is 6.04 Å². The predicted molar refractivity (Wildman–Crippen MR) is 107 cm³/mol. The molecule has 3 N–H and O–H groups in total. The molecule has 0 aliphatic heterocycles. The van der Waals surface area contributed by atoms with Crippen LogP contribution < -0.4 is 11.1 Å². The van der Waals surface area contributed by atoms with Gasteiger partial charge in [0, 0.05) is 5.56 Å². The Morgan fingerprint density at radius 2 is 1.41 bits per heavy atom. The van der Waals surface area contributed by atoms with Gasteiger partial charge in [-0.1, -0.05) is 78.9 Å². The van der Waals surface area contributed by atoms with Crippen LogP contribution in [-0.2, 0) is 11.2 Å². The summed E-state index contributed by atoms with van der Waals surface area (Å²) in [7, 11) is 0. The molecular formula is C23H22N2O2. The third-order valence-electron chi connectivity index (χ3n) is 4.47. The van der Waals surface area contributed by atoms with Crippen molar-refractivity contribution in [3.05, 3.63) is 96.1 Å². The summed E-state index contributed by atoms with van der Waals surface area (Å²) in [5.74, 6) is -0.831. The Morgan fingerprint density at radius 1 is 0.815 bits per heavy atom. The van der Waals surface area contributed by atoms with Gasteiger partial charge in [-0.05, 0) is 35.6 Å². The van der Waals surface area contributed by atoms with Gasteiger partial charge < -0.3 is 11.1 Å². The second-order valence-corrected chi connectivity index (χ2v) is 6.36. The molecule has 1 atom stereocenters. The predicted octanol–water partition coefficient (Wildman–Crippen LogP) is 3.57. The fourth-order valence-corrected chi connectivity index (χ4v) is 3.03. The third kappa shape index (κ3) is 4.82. The summed E-state index contributed by atoms with van der Waals surface area (Å²) >= 11 is 0. The first-order valence-corrected chi connectivity index (χ1v) is 8.93. The fourth-order valence-electron chi connectivity index (χ4n) is 3.03. The molecule has 0 aliphatic carbocycles. The molecule has 0 radical (unpaired) electrons. The summed E-state index contributed by atoms with van der Waals surface area (Å²) in [5.41, 5.74) is 8.91. The molecule has 0 unspecified atom stereocenters. The molecule has 27 heavy (non-hydrogen) atoms. The zero-order valence-electron chi connectivity index (χ0n) is 15.0. The number of carbonyl (C=O) groups excluding carboxylic acids is 2. The smallest absolute Gasteiger partial charge is 0.252 e. The number of hydrogen-bond acceptors (Lipinski definition) is 2. The van der Waals surface area contributed by atoms with E-state index < -0.39 is 11.9 Å². The van der Waals surface area contributed by atoms with Crippen molar-refractivity contribution in [3.63, 3.8) is 0 Å². The molecule has 0 fully saturated rings. The number of amides is 2. The molecule has 0 aromatic heterocycles. The van der Waals surface area contributed by atoms with Crippen LogP contribution in [0.3, 0.4) is 0 Å². The maximum Gasteiger partial charge on any atom is 0.252 e. The molecular weight excluding hydrogens is 336 g/mol. The van der Waals surface area contributed by atoms with Gasteiger partial charge >= 0.3 is 0 Å². The molecule has 4 heteroatoms. The number of rotatable bonds is 7.